The second-order valence-corrected chi connectivity index (χ2v) is 4.86. The standard InChI is InChI=1S/C14H19ClN6/c1-3-7-17-13-18-12(15)19-14(20-13)21(4-2)10-11-5-8-16-9-6-11/h5-6,8-9H,3-4,7,10H2,1-2H3,(H,17,18,19,20). The van der Waals surface area contributed by atoms with Crippen LogP contribution in [0.3, 0.4) is 0 Å². The van der Waals surface area contributed by atoms with Crippen molar-refractivity contribution in [3.63, 3.8) is 0 Å². The van der Waals surface area contributed by atoms with Gasteiger partial charge in [-0.2, -0.15) is 15.0 Å². The summed E-state index contributed by atoms with van der Waals surface area (Å²) in [6.45, 7) is 6.41. The van der Waals surface area contributed by atoms with Gasteiger partial charge in [-0.25, -0.2) is 0 Å². The van der Waals surface area contributed by atoms with E-state index in [0.717, 1.165) is 25.1 Å². The number of nitrogens with one attached hydrogen (secondary N) is 1. The van der Waals surface area contributed by atoms with Gasteiger partial charge in [-0.3, -0.25) is 4.98 Å². The third kappa shape index (κ3) is 4.53. The van der Waals surface area contributed by atoms with Gasteiger partial charge in [0.2, 0.25) is 17.2 Å². The molecule has 0 aliphatic carbocycles. The maximum absolute atomic E-state index is 5.99. The van der Waals surface area contributed by atoms with Gasteiger partial charge in [-0.15, -0.1) is 0 Å². The van der Waals surface area contributed by atoms with Crippen LogP contribution in [0.2, 0.25) is 5.28 Å². The largest absolute Gasteiger partial charge is 0.354 e. The molecule has 1 N–H and O–H groups in total. The first-order valence-corrected chi connectivity index (χ1v) is 7.40. The molecular formula is C14H19ClN6. The highest BCUT2D eigenvalue weighted by atomic mass is 35.5. The second kappa shape index (κ2) is 7.73. The number of anilines is 2. The van der Waals surface area contributed by atoms with Gasteiger partial charge in [0.05, 0.1) is 0 Å². The first-order chi connectivity index (χ1) is 10.2. The number of hydrogen-bond donors (Lipinski definition) is 1. The molecule has 0 aliphatic rings. The maximum atomic E-state index is 5.99. The molecule has 7 heteroatoms. The van der Waals surface area contributed by atoms with Crippen LogP contribution in [-0.4, -0.2) is 33.0 Å². The zero-order valence-corrected chi connectivity index (χ0v) is 13.0. The van der Waals surface area contributed by atoms with E-state index in [1.165, 1.54) is 0 Å². The molecule has 0 saturated heterocycles. The Balaban J connectivity index is 2.19. The van der Waals surface area contributed by atoms with Crippen molar-refractivity contribution in [1.82, 2.24) is 19.9 Å². The summed E-state index contributed by atoms with van der Waals surface area (Å²) in [5.74, 6) is 1.09. The zero-order chi connectivity index (χ0) is 15.1. The van der Waals surface area contributed by atoms with Gasteiger partial charge < -0.3 is 10.2 Å². The van der Waals surface area contributed by atoms with Gasteiger partial charge in [0, 0.05) is 32.0 Å². The quantitative estimate of drug-likeness (QED) is 0.848. The summed E-state index contributed by atoms with van der Waals surface area (Å²) < 4.78 is 0. The van der Waals surface area contributed by atoms with Crippen LogP contribution in [0.1, 0.15) is 25.8 Å². The lowest BCUT2D eigenvalue weighted by atomic mass is 10.2. The number of hydrogen-bond acceptors (Lipinski definition) is 6. The molecule has 0 radical (unpaired) electrons. The second-order valence-electron chi connectivity index (χ2n) is 4.52. The van der Waals surface area contributed by atoms with Crippen LogP contribution in [0.4, 0.5) is 11.9 Å². The summed E-state index contributed by atoms with van der Waals surface area (Å²) in [7, 11) is 0. The number of pyridine rings is 1. The lowest BCUT2D eigenvalue weighted by molar-refractivity contribution is 0.782. The fourth-order valence-electron chi connectivity index (χ4n) is 1.83. The smallest absolute Gasteiger partial charge is 0.231 e. The summed E-state index contributed by atoms with van der Waals surface area (Å²) in [5.41, 5.74) is 1.14. The van der Waals surface area contributed by atoms with E-state index in [1.807, 2.05) is 17.0 Å². The molecule has 0 aliphatic heterocycles. The maximum Gasteiger partial charge on any atom is 0.231 e. The zero-order valence-electron chi connectivity index (χ0n) is 12.3. The Kier molecular flexibility index (Phi) is 5.68. The van der Waals surface area contributed by atoms with E-state index in [9.17, 15) is 0 Å². The fourth-order valence-corrected chi connectivity index (χ4v) is 1.99. The van der Waals surface area contributed by atoms with Crippen LogP contribution >= 0.6 is 11.6 Å². The summed E-state index contributed by atoms with van der Waals surface area (Å²) in [4.78, 5) is 18.8. The number of halogens is 1. The van der Waals surface area contributed by atoms with Gasteiger partial charge in [-0.1, -0.05) is 6.92 Å². The SMILES string of the molecule is CCCNc1nc(Cl)nc(N(CC)Cc2ccncc2)n1. The van der Waals surface area contributed by atoms with Crippen molar-refractivity contribution in [3.8, 4) is 0 Å². The van der Waals surface area contributed by atoms with Gasteiger partial charge in [0.25, 0.3) is 0 Å². The van der Waals surface area contributed by atoms with Crippen molar-refractivity contribution in [2.75, 3.05) is 23.3 Å². The van der Waals surface area contributed by atoms with E-state index in [2.05, 4.69) is 39.1 Å². The van der Waals surface area contributed by atoms with Crippen molar-refractivity contribution in [3.05, 3.63) is 35.4 Å². The number of aromatic nitrogens is 4. The first-order valence-electron chi connectivity index (χ1n) is 7.02. The third-order valence-corrected chi connectivity index (χ3v) is 3.09. The molecule has 6 nitrogen and oxygen atoms in total. The first kappa shape index (κ1) is 15.4. The summed E-state index contributed by atoms with van der Waals surface area (Å²) in [6.07, 6.45) is 4.54. The Morgan fingerprint density at radius 1 is 1.14 bits per heavy atom. The van der Waals surface area contributed by atoms with Crippen molar-refractivity contribution in [1.29, 1.82) is 0 Å². The molecule has 0 fully saturated rings. The molecule has 0 saturated carbocycles. The minimum atomic E-state index is 0.201. The monoisotopic (exact) mass is 306 g/mol. The molecule has 2 aromatic heterocycles. The molecule has 0 unspecified atom stereocenters. The molecule has 0 amide bonds. The summed E-state index contributed by atoms with van der Waals surface area (Å²) in [5, 5.41) is 3.34. The molecule has 0 atom stereocenters. The van der Waals surface area contributed by atoms with E-state index in [1.54, 1.807) is 12.4 Å². The normalized spacial score (nSPS) is 10.4. The number of nitrogens with zero attached hydrogens (tertiary/aromatic N) is 5. The molecule has 2 rings (SSSR count). The highest BCUT2D eigenvalue weighted by Gasteiger charge is 2.12. The predicted octanol–water partition coefficient (Wildman–Crippen LogP) is 2.77. The lowest BCUT2D eigenvalue weighted by Gasteiger charge is -2.21. The molecular weight excluding hydrogens is 288 g/mol. The average Bonchev–Trinajstić information content (AvgIpc) is 2.51. The molecule has 21 heavy (non-hydrogen) atoms. The predicted molar refractivity (Wildman–Crippen MR) is 84.6 cm³/mol. The van der Waals surface area contributed by atoms with Crippen LogP contribution in [-0.2, 0) is 6.54 Å². The van der Waals surface area contributed by atoms with Gasteiger partial charge in [-0.05, 0) is 42.6 Å². The lowest BCUT2D eigenvalue weighted by Crippen LogP contribution is -2.25. The highest BCUT2D eigenvalue weighted by Crippen LogP contribution is 2.16. The van der Waals surface area contributed by atoms with Crippen molar-refractivity contribution < 1.29 is 0 Å². The Morgan fingerprint density at radius 3 is 2.57 bits per heavy atom. The van der Waals surface area contributed by atoms with Gasteiger partial charge >= 0.3 is 0 Å². The van der Waals surface area contributed by atoms with E-state index in [-0.39, 0.29) is 5.28 Å². The van der Waals surface area contributed by atoms with Crippen molar-refractivity contribution in [2.24, 2.45) is 0 Å². The summed E-state index contributed by atoms with van der Waals surface area (Å²) >= 11 is 5.99. The van der Waals surface area contributed by atoms with Gasteiger partial charge in [0.15, 0.2) is 0 Å². The summed E-state index contributed by atoms with van der Waals surface area (Å²) in [6, 6.07) is 3.95. The van der Waals surface area contributed by atoms with E-state index < -0.39 is 0 Å². The van der Waals surface area contributed by atoms with E-state index >= 15 is 0 Å². The molecule has 2 heterocycles. The van der Waals surface area contributed by atoms with Crippen LogP contribution in [0.5, 0.6) is 0 Å². The van der Waals surface area contributed by atoms with E-state index in [4.69, 9.17) is 11.6 Å². The van der Waals surface area contributed by atoms with Crippen molar-refractivity contribution in [2.45, 2.75) is 26.8 Å². The molecule has 0 bridgehead atoms. The minimum Gasteiger partial charge on any atom is -0.354 e. The molecule has 112 valence electrons. The minimum absolute atomic E-state index is 0.201. The Bertz CT molecular complexity index is 563. The average molecular weight is 307 g/mol. The Labute approximate surface area is 129 Å². The fraction of sp³-hybridized carbons (Fsp3) is 0.429. The Hall–Kier alpha value is -1.95. The highest BCUT2D eigenvalue weighted by molar-refractivity contribution is 6.28. The van der Waals surface area contributed by atoms with Crippen LogP contribution in [0.25, 0.3) is 0 Å². The van der Waals surface area contributed by atoms with Gasteiger partial charge in [0.1, 0.15) is 0 Å². The van der Waals surface area contributed by atoms with Crippen molar-refractivity contribution >= 4 is 23.5 Å². The topological polar surface area (TPSA) is 66.8 Å². The van der Waals surface area contributed by atoms with Crippen LogP contribution in [0, 0.1) is 0 Å². The molecule has 0 spiro atoms. The van der Waals surface area contributed by atoms with Crippen LogP contribution < -0.4 is 10.2 Å². The Morgan fingerprint density at radius 2 is 1.90 bits per heavy atom. The molecule has 0 aromatic carbocycles. The van der Waals surface area contributed by atoms with E-state index in [0.29, 0.717) is 18.4 Å². The van der Waals surface area contributed by atoms with Crippen LogP contribution in [0.15, 0.2) is 24.5 Å². The number of rotatable bonds is 7. The molecule has 2 aromatic rings. The third-order valence-electron chi connectivity index (χ3n) is 2.92.